The van der Waals surface area contributed by atoms with Crippen molar-refractivity contribution in [3.63, 3.8) is 0 Å². The third kappa shape index (κ3) is 4.02. The maximum Gasteiger partial charge on any atom is 0.225 e. The average molecular weight is 354 g/mol. The van der Waals surface area contributed by atoms with Gasteiger partial charge in [0.15, 0.2) is 0 Å². The zero-order chi connectivity index (χ0) is 18.7. The van der Waals surface area contributed by atoms with E-state index in [1.54, 1.807) is 0 Å². The highest BCUT2D eigenvalue weighted by Crippen LogP contribution is 2.26. The Morgan fingerprint density at radius 3 is 2.31 bits per heavy atom. The Morgan fingerprint density at radius 2 is 1.77 bits per heavy atom. The molecule has 0 saturated carbocycles. The molecule has 1 atom stereocenters. The van der Waals surface area contributed by atoms with E-state index in [4.69, 9.17) is 5.26 Å². The van der Waals surface area contributed by atoms with Gasteiger partial charge in [-0.3, -0.25) is 9.69 Å². The Bertz CT molecular complexity index is 656. The molecule has 1 amide bonds. The first-order chi connectivity index (χ1) is 12.5. The minimum absolute atomic E-state index is 0.155. The number of nitriles is 1. The molecule has 2 saturated heterocycles. The van der Waals surface area contributed by atoms with E-state index in [1.807, 2.05) is 24.3 Å². The van der Waals surface area contributed by atoms with Gasteiger partial charge >= 0.3 is 0 Å². The average Bonchev–Trinajstić information content (AvgIpc) is 2.67. The van der Waals surface area contributed by atoms with Crippen molar-refractivity contribution in [1.29, 1.82) is 5.26 Å². The van der Waals surface area contributed by atoms with Crippen LogP contribution in [0.3, 0.4) is 0 Å². The van der Waals surface area contributed by atoms with Crippen molar-refractivity contribution in [3.8, 4) is 6.07 Å². The number of benzene rings is 1. The van der Waals surface area contributed by atoms with E-state index in [0.717, 1.165) is 51.3 Å². The summed E-state index contributed by atoms with van der Waals surface area (Å²) in [6.45, 7) is 11.2. The van der Waals surface area contributed by atoms with Crippen molar-refractivity contribution in [2.45, 2.75) is 45.7 Å². The smallest absolute Gasteiger partial charge is 0.225 e. The van der Waals surface area contributed by atoms with Crippen molar-refractivity contribution < 1.29 is 4.79 Å². The predicted octanol–water partition coefficient (Wildman–Crippen LogP) is 2.72. The van der Waals surface area contributed by atoms with Crippen LogP contribution in [0.5, 0.6) is 0 Å². The first kappa shape index (κ1) is 18.7. The standard InChI is InChI=1S/C21H30N4O/c1-16(2)25-13-12-24(15-17(25)3)21(26)19-8-10-23(11-9-19)20-6-4-18(14-22)5-7-20/h4-7,16-17,19H,8-13,15H2,1-3H3/t17-/m1/s1. The molecule has 5 nitrogen and oxygen atoms in total. The van der Waals surface area contributed by atoms with Crippen LogP contribution < -0.4 is 4.90 Å². The highest BCUT2D eigenvalue weighted by molar-refractivity contribution is 5.79. The second-order valence-electron chi connectivity index (χ2n) is 7.88. The third-order valence-electron chi connectivity index (χ3n) is 5.86. The SMILES string of the molecule is CC(C)N1CCN(C(=O)C2CCN(c3ccc(C#N)cc3)CC2)C[C@H]1C. The second-order valence-corrected chi connectivity index (χ2v) is 7.88. The normalized spacial score (nSPS) is 22.5. The molecule has 0 aliphatic carbocycles. The summed E-state index contributed by atoms with van der Waals surface area (Å²) in [7, 11) is 0. The summed E-state index contributed by atoms with van der Waals surface area (Å²) < 4.78 is 0. The largest absolute Gasteiger partial charge is 0.371 e. The Labute approximate surface area is 157 Å². The van der Waals surface area contributed by atoms with Crippen LogP contribution in [0.15, 0.2) is 24.3 Å². The molecule has 3 rings (SSSR count). The summed E-state index contributed by atoms with van der Waals surface area (Å²) in [5.74, 6) is 0.502. The number of rotatable bonds is 3. The Balaban J connectivity index is 1.53. The molecular formula is C21H30N4O. The van der Waals surface area contributed by atoms with Gasteiger partial charge in [0.05, 0.1) is 11.6 Å². The van der Waals surface area contributed by atoms with Gasteiger partial charge in [-0.15, -0.1) is 0 Å². The maximum absolute atomic E-state index is 13.0. The third-order valence-corrected chi connectivity index (χ3v) is 5.86. The summed E-state index contributed by atoms with van der Waals surface area (Å²) in [4.78, 5) is 19.9. The molecular weight excluding hydrogens is 324 g/mol. The summed E-state index contributed by atoms with van der Waals surface area (Å²) >= 11 is 0. The van der Waals surface area contributed by atoms with E-state index in [0.29, 0.717) is 23.6 Å². The van der Waals surface area contributed by atoms with Gasteiger partial charge in [0.1, 0.15) is 0 Å². The molecule has 0 radical (unpaired) electrons. The van der Waals surface area contributed by atoms with E-state index in [9.17, 15) is 4.79 Å². The molecule has 2 heterocycles. The number of carbonyl (C=O) groups is 1. The summed E-state index contributed by atoms with van der Waals surface area (Å²) in [5, 5.41) is 8.92. The number of amides is 1. The zero-order valence-electron chi connectivity index (χ0n) is 16.2. The van der Waals surface area contributed by atoms with Crippen LogP contribution in [0.4, 0.5) is 5.69 Å². The van der Waals surface area contributed by atoms with E-state index in [-0.39, 0.29) is 5.92 Å². The molecule has 0 spiro atoms. The molecule has 0 unspecified atom stereocenters. The van der Waals surface area contributed by atoms with Gasteiger partial charge in [-0.05, 0) is 57.9 Å². The lowest BCUT2D eigenvalue weighted by Gasteiger charge is -2.43. The second kappa shape index (κ2) is 8.09. The highest BCUT2D eigenvalue weighted by Gasteiger charge is 2.33. The van der Waals surface area contributed by atoms with Gasteiger partial charge < -0.3 is 9.80 Å². The fourth-order valence-corrected chi connectivity index (χ4v) is 4.33. The molecule has 0 bridgehead atoms. The fourth-order valence-electron chi connectivity index (χ4n) is 4.33. The summed E-state index contributed by atoms with van der Waals surface area (Å²) in [6, 6.07) is 10.9. The van der Waals surface area contributed by atoms with Crippen molar-refractivity contribution in [2.24, 2.45) is 5.92 Å². The van der Waals surface area contributed by atoms with Gasteiger partial charge in [-0.2, -0.15) is 5.26 Å². The lowest BCUT2D eigenvalue weighted by atomic mass is 9.94. The van der Waals surface area contributed by atoms with Crippen molar-refractivity contribution in [2.75, 3.05) is 37.6 Å². The van der Waals surface area contributed by atoms with E-state index < -0.39 is 0 Å². The molecule has 26 heavy (non-hydrogen) atoms. The molecule has 0 aromatic heterocycles. The van der Waals surface area contributed by atoms with Crippen molar-refractivity contribution in [1.82, 2.24) is 9.80 Å². The summed E-state index contributed by atoms with van der Waals surface area (Å²) in [5.41, 5.74) is 1.84. The molecule has 0 N–H and O–H groups in total. The van der Waals surface area contributed by atoms with E-state index in [2.05, 4.69) is 41.5 Å². The zero-order valence-corrected chi connectivity index (χ0v) is 16.2. The maximum atomic E-state index is 13.0. The highest BCUT2D eigenvalue weighted by atomic mass is 16.2. The van der Waals surface area contributed by atoms with Crippen LogP contribution in [0, 0.1) is 17.2 Å². The number of hydrogen-bond acceptors (Lipinski definition) is 4. The van der Waals surface area contributed by atoms with Crippen LogP contribution in [0.1, 0.15) is 39.2 Å². The van der Waals surface area contributed by atoms with Crippen molar-refractivity contribution >= 4 is 11.6 Å². The Kier molecular flexibility index (Phi) is 5.83. The molecule has 140 valence electrons. The number of nitrogens with zero attached hydrogens (tertiary/aromatic N) is 4. The van der Waals surface area contributed by atoms with Crippen LogP contribution in [-0.2, 0) is 4.79 Å². The molecule has 5 heteroatoms. The van der Waals surface area contributed by atoms with Gasteiger partial charge in [-0.1, -0.05) is 0 Å². The van der Waals surface area contributed by atoms with Crippen LogP contribution >= 0.6 is 0 Å². The number of anilines is 1. The predicted molar refractivity (Wildman–Crippen MR) is 104 cm³/mol. The van der Waals surface area contributed by atoms with Crippen LogP contribution in [0.2, 0.25) is 0 Å². The van der Waals surface area contributed by atoms with Crippen molar-refractivity contribution in [3.05, 3.63) is 29.8 Å². The van der Waals surface area contributed by atoms with Gasteiger partial charge in [0.2, 0.25) is 5.91 Å². The quantitative estimate of drug-likeness (QED) is 0.837. The lowest BCUT2D eigenvalue weighted by Crippen LogP contribution is -2.57. The summed E-state index contributed by atoms with van der Waals surface area (Å²) in [6.07, 6.45) is 1.83. The minimum atomic E-state index is 0.155. The number of carbonyl (C=O) groups excluding carboxylic acids is 1. The molecule has 2 fully saturated rings. The van der Waals surface area contributed by atoms with Gasteiger partial charge in [0, 0.05) is 56.4 Å². The van der Waals surface area contributed by atoms with Crippen LogP contribution in [-0.4, -0.2) is 60.5 Å². The van der Waals surface area contributed by atoms with Gasteiger partial charge in [0.25, 0.3) is 0 Å². The van der Waals surface area contributed by atoms with Gasteiger partial charge in [-0.25, -0.2) is 0 Å². The molecule has 2 aliphatic heterocycles. The molecule has 2 aliphatic rings. The Morgan fingerprint density at radius 1 is 1.12 bits per heavy atom. The first-order valence-electron chi connectivity index (χ1n) is 9.79. The topological polar surface area (TPSA) is 50.6 Å². The lowest BCUT2D eigenvalue weighted by molar-refractivity contribution is -0.139. The number of piperazine rings is 1. The molecule has 1 aromatic carbocycles. The molecule has 1 aromatic rings. The Hall–Kier alpha value is -2.06. The first-order valence-corrected chi connectivity index (χ1v) is 9.79. The van der Waals surface area contributed by atoms with E-state index >= 15 is 0 Å². The monoisotopic (exact) mass is 354 g/mol. The fraction of sp³-hybridized carbons (Fsp3) is 0.619. The minimum Gasteiger partial charge on any atom is -0.371 e. The number of piperidine rings is 1. The van der Waals surface area contributed by atoms with E-state index in [1.165, 1.54) is 0 Å². The van der Waals surface area contributed by atoms with Crippen LogP contribution in [0.25, 0.3) is 0 Å². The number of hydrogen-bond donors (Lipinski definition) is 0.